The molecule has 24 heavy (non-hydrogen) atoms. The first kappa shape index (κ1) is 14.8. The Balaban J connectivity index is 1.68. The van der Waals surface area contributed by atoms with Crippen molar-refractivity contribution in [3.63, 3.8) is 0 Å². The molecule has 1 aromatic heterocycles. The summed E-state index contributed by atoms with van der Waals surface area (Å²) in [5.41, 5.74) is 14.8. The Hall–Kier alpha value is -2.72. The molecule has 0 aliphatic carbocycles. The lowest BCUT2D eigenvalue weighted by molar-refractivity contribution is 0.633. The summed E-state index contributed by atoms with van der Waals surface area (Å²) < 4.78 is 0. The Kier molecular flexibility index (Phi) is 3.54. The van der Waals surface area contributed by atoms with Crippen LogP contribution in [0.15, 0.2) is 54.7 Å². The highest BCUT2D eigenvalue weighted by Gasteiger charge is 2.21. The van der Waals surface area contributed by atoms with Crippen LogP contribution >= 0.6 is 0 Å². The molecule has 3 N–H and O–H groups in total. The van der Waals surface area contributed by atoms with E-state index in [0.717, 1.165) is 11.4 Å². The molecule has 1 aliphatic rings. The zero-order valence-corrected chi connectivity index (χ0v) is 14.2. The van der Waals surface area contributed by atoms with Gasteiger partial charge in [0, 0.05) is 29.1 Å². The fourth-order valence-electron chi connectivity index (χ4n) is 3.22. The van der Waals surface area contributed by atoms with Gasteiger partial charge in [-0.2, -0.15) is 0 Å². The molecule has 0 saturated heterocycles. The van der Waals surface area contributed by atoms with Crippen LogP contribution < -0.4 is 16.0 Å². The number of nitrogens with one attached hydrogen (secondary N) is 3. The third-order valence-electron chi connectivity index (χ3n) is 4.53. The molecule has 2 heterocycles. The minimum Gasteiger partial charge on any atom is -0.361 e. The zero-order chi connectivity index (χ0) is 16.7. The Morgan fingerprint density at radius 1 is 0.958 bits per heavy atom. The second-order valence-electron chi connectivity index (χ2n) is 6.55. The summed E-state index contributed by atoms with van der Waals surface area (Å²) in [6, 6.07) is 17.6. The smallest absolute Gasteiger partial charge is 0.0786 e. The van der Waals surface area contributed by atoms with Crippen molar-refractivity contribution in [1.82, 2.24) is 10.5 Å². The van der Waals surface area contributed by atoms with Gasteiger partial charge < -0.3 is 10.4 Å². The molecule has 4 nitrogen and oxygen atoms in total. The molecular weight excluding hydrogens is 296 g/mol. The fraction of sp³-hybridized carbons (Fsp3) is 0.200. The van der Waals surface area contributed by atoms with Crippen molar-refractivity contribution >= 4 is 11.4 Å². The maximum atomic E-state index is 3.41. The quantitative estimate of drug-likeness (QED) is 0.655. The first-order chi connectivity index (χ1) is 11.6. The third-order valence-corrected chi connectivity index (χ3v) is 4.53. The second kappa shape index (κ2) is 5.73. The van der Waals surface area contributed by atoms with Crippen LogP contribution in [0.1, 0.15) is 19.4 Å². The van der Waals surface area contributed by atoms with E-state index in [1.807, 2.05) is 0 Å². The molecule has 4 rings (SSSR count). The van der Waals surface area contributed by atoms with E-state index in [2.05, 4.69) is 96.5 Å². The molecular formula is C20H22N4. The van der Waals surface area contributed by atoms with Gasteiger partial charge in [-0.25, -0.2) is 0 Å². The highest BCUT2D eigenvalue weighted by atomic mass is 15.7. The lowest BCUT2D eigenvalue weighted by atomic mass is 10.0. The van der Waals surface area contributed by atoms with Crippen molar-refractivity contribution in [2.24, 2.45) is 0 Å². The molecule has 0 radical (unpaired) electrons. The second-order valence-corrected chi connectivity index (χ2v) is 6.55. The van der Waals surface area contributed by atoms with Crippen LogP contribution in [0.5, 0.6) is 0 Å². The van der Waals surface area contributed by atoms with Crippen molar-refractivity contribution in [2.45, 2.75) is 26.8 Å². The fourth-order valence-corrected chi connectivity index (χ4v) is 3.22. The molecule has 3 aromatic rings. The van der Waals surface area contributed by atoms with E-state index < -0.39 is 0 Å². The van der Waals surface area contributed by atoms with Crippen molar-refractivity contribution in [3.8, 4) is 22.4 Å². The normalized spacial score (nSPS) is 13.2. The molecule has 122 valence electrons. The number of benzene rings is 2. The van der Waals surface area contributed by atoms with Gasteiger partial charge in [-0.05, 0) is 50.1 Å². The summed E-state index contributed by atoms with van der Waals surface area (Å²) in [4.78, 5) is 3.41. The minimum absolute atomic E-state index is 0.391. The SMILES string of the molecule is Cc1ccccc1-c1c[nH]c(-c2ccc3c(c2)NNN3C(C)C)c1. The van der Waals surface area contributed by atoms with Gasteiger partial charge in [0.2, 0.25) is 0 Å². The average Bonchev–Trinajstić information content (AvgIpc) is 3.21. The van der Waals surface area contributed by atoms with Crippen molar-refractivity contribution in [3.05, 3.63) is 60.3 Å². The number of hydrazine groups is 2. The summed E-state index contributed by atoms with van der Waals surface area (Å²) in [7, 11) is 0. The summed E-state index contributed by atoms with van der Waals surface area (Å²) in [6.07, 6.45) is 2.08. The minimum atomic E-state index is 0.391. The zero-order valence-electron chi connectivity index (χ0n) is 14.2. The Bertz CT molecular complexity index is 879. The molecule has 4 heteroatoms. The molecule has 0 unspecified atom stereocenters. The van der Waals surface area contributed by atoms with Crippen LogP contribution in [0.2, 0.25) is 0 Å². The largest absolute Gasteiger partial charge is 0.361 e. The van der Waals surface area contributed by atoms with Crippen LogP contribution in [-0.4, -0.2) is 11.0 Å². The first-order valence-electron chi connectivity index (χ1n) is 8.33. The lowest BCUT2D eigenvalue weighted by Crippen LogP contribution is -2.41. The molecule has 0 amide bonds. The molecule has 1 aliphatic heterocycles. The number of nitrogens with zero attached hydrogens (tertiary/aromatic N) is 1. The van der Waals surface area contributed by atoms with Crippen molar-refractivity contribution in [2.75, 3.05) is 10.4 Å². The highest BCUT2D eigenvalue weighted by molar-refractivity contribution is 5.81. The van der Waals surface area contributed by atoms with Crippen LogP contribution in [0.3, 0.4) is 0 Å². The molecule has 0 fully saturated rings. The van der Waals surface area contributed by atoms with E-state index in [9.17, 15) is 0 Å². The number of H-pyrrole nitrogens is 1. The predicted molar refractivity (Wildman–Crippen MR) is 101 cm³/mol. The Morgan fingerprint density at radius 2 is 1.79 bits per heavy atom. The summed E-state index contributed by atoms with van der Waals surface area (Å²) in [5, 5.41) is 2.13. The molecule has 0 atom stereocenters. The Morgan fingerprint density at radius 3 is 2.58 bits per heavy atom. The van der Waals surface area contributed by atoms with Crippen LogP contribution in [0.4, 0.5) is 11.4 Å². The number of hydrogen-bond acceptors (Lipinski definition) is 3. The van der Waals surface area contributed by atoms with E-state index in [0.29, 0.717) is 6.04 Å². The van der Waals surface area contributed by atoms with E-state index in [1.54, 1.807) is 0 Å². The number of rotatable bonds is 3. The van der Waals surface area contributed by atoms with Gasteiger partial charge in [-0.15, -0.1) is 5.53 Å². The Labute approximate surface area is 142 Å². The predicted octanol–water partition coefficient (Wildman–Crippen LogP) is 4.72. The number of fused-ring (bicyclic) bond motifs is 1. The molecule has 0 saturated carbocycles. The molecule has 0 spiro atoms. The topological polar surface area (TPSA) is 43.1 Å². The van der Waals surface area contributed by atoms with Gasteiger partial charge >= 0.3 is 0 Å². The molecule has 0 bridgehead atoms. The van der Waals surface area contributed by atoms with E-state index >= 15 is 0 Å². The van der Waals surface area contributed by atoms with Crippen LogP contribution in [0, 0.1) is 6.92 Å². The van der Waals surface area contributed by atoms with Gasteiger partial charge in [0.15, 0.2) is 0 Å². The van der Waals surface area contributed by atoms with Crippen LogP contribution in [0.25, 0.3) is 22.4 Å². The van der Waals surface area contributed by atoms with Crippen molar-refractivity contribution < 1.29 is 0 Å². The number of hydrogen-bond donors (Lipinski definition) is 3. The van der Waals surface area contributed by atoms with Gasteiger partial charge in [0.25, 0.3) is 0 Å². The van der Waals surface area contributed by atoms with Gasteiger partial charge in [0.05, 0.1) is 11.4 Å². The maximum Gasteiger partial charge on any atom is 0.0786 e. The third kappa shape index (κ3) is 2.45. The van der Waals surface area contributed by atoms with E-state index in [-0.39, 0.29) is 0 Å². The number of aromatic amines is 1. The summed E-state index contributed by atoms with van der Waals surface area (Å²) >= 11 is 0. The van der Waals surface area contributed by atoms with E-state index in [4.69, 9.17) is 0 Å². The standard InChI is InChI=1S/C20H22N4/c1-13(2)24-20-9-8-15(10-19(20)22-23-24)18-11-16(12-21-18)17-7-5-4-6-14(17)3/h4-13,21-23H,1-3H3. The monoisotopic (exact) mass is 318 g/mol. The van der Waals surface area contributed by atoms with Gasteiger partial charge in [0.1, 0.15) is 0 Å². The van der Waals surface area contributed by atoms with Gasteiger partial charge in [-0.1, -0.05) is 30.3 Å². The summed E-state index contributed by atoms with van der Waals surface area (Å²) in [6.45, 7) is 6.47. The number of aryl methyl sites for hydroxylation is 1. The average molecular weight is 318 g/mol. The number of aromatic nitrogens is 1. The van der Waals surface area contributed by atoms with Gasteiger partial charge in [-0.3, -0.25) is 5.01 Å². The molecule has 2 aromatic carbocycles. The van der Waals surface area contributed by atoms with Crippen molar-refractivity contribution in [1.29, 1.82) is 0 Å². The highest BCUT2D eigenvalue weighted by Crippen LogP contribution is 2.35. The van der Waals surface area contributed by atoms with Crippen LogP contribution in [-0.2, 0) is 0 Å². The maximum absolute atomic E-state index is 3.41. The summed E-state index contributed by atoms with van der Waals surface area (Å²) in [5.74, 6) is 0. The van der Waals surface area contributed by atoms with E-state index in [1.165, 1.54) is 27.9 Å². The number of anilines is 2. The first-order valence-corrected chi connectivity index (χ1v) is 8.33. The lowest BCUT2D eigenvalue weighted by Gasteiger charge is -2.22.